The van der Waals surface area contributed by atoms with E-state index in [1.807, 2.05) is 0 Å². The Labute approximate surface area is 117 Å². The van der Waals surface area contributed by atoms with Gasteiger partial charge < -0.3 is 5.73 Å². The maximum atomic E-state index is 12.7. The molecule has 2 aliphatic rings. The van der Waals surface area contributed by atoms with E-state index in [1.54, 1.807) is 15.7 Å². The number of hydrogen-bond donors (Lipinski definition) is 1. The van der Waals surface area contributed by atoms with Gasteiger partial charge in [0.2, 0.25) is 0 Å². The number of rotatable bonds is 4. The van der Waals surface area contributed by atoms with E-state index < -0.39 is 10.2 Å². The van der Waals surface area contributed by atoms with Crippen molar-refractivity contribution in [3.05, 3.63) is 0 Å². The van der Waals surface area contributed by atoms with Crippen LogP contribution in [0.4, 0.5) is 0 Å². The van der Waals surface area contributed by atoms with E-state index in [9.17, 15) is 8.42 Å². The van der Waals surface area contributed by atoms with Crippen LogP contribution in [0.1, 0.15) is 39.0 Å². The molecule has 19 heavy (non-hydrogen) atoms. The summed E-state index contributed by atoms with van der Waals surface area (Å²) in [6.45, 7) is 4.10. The van der Waals surface area contributed by atoms with Crippen molar-refractivity contribution in [1.82, 2.24) is 8.61 Å². The topological polar surface area (TPSA) is 66.6 Å². The van der Waals surface area contributed by atoms with Crippen molar-refractivity contribution in [2.45, 2.75) is 45.1 Å². The Morgan fingerprint density at radius 3 is 2.42 bits per heavy atom. The summed E-state index contributed by atoms with van der Waals surface area (Å²) in [5.74, 6) is 0.962. The second kappa shape index (κ2) is 6.08. The maximum Gasteiger partial charge on any atom is 0.281 e. The molecule has 2 rings (SSSR count). The third-order valence-electron chi connectivity index (χ3n) is 4.82. The molecule has 0 aromatic heterocycles. The third-order valence-corrected chi connectivity index (χ3v) is 6.84. The van der Waals surface area contributed by atoms with Crippen LogP contribution in [0.5, 0.6) is 0 Å². The predicted octanol–water partition coefficient (Wildman–Crippen LogP) is 1.02. The molecule has 1 saturated heterocycles. The molecule has 1 saturated carbocycles. The highest BCUT2D eigenvalue weighted by Gasteiger charge is 2.38. The fourth-order valence-electron chi connectivity index (χ4n) is 3.34. The molecule has 2 atom stereocenters. The summed E-state index contributed by atoms with van der Waals surface area (Å²) in [6, 6.07) is 0.0920. The second-order valence-electron chi connectivity index (χ2n) is 6.10. The highest BCUT2D eigenvalue weighted by atomic mass is 32.2. The Morgan fingerprint density at radius 2 is 1.84 bits per heavy atom. The largest absolute Gasteiger partial charge is 0.330 e. The average molecular weight is 289 g/mol. The van der Waals surface area contributed by atoms with Gasteiger partial charge in [-0.2, -0.15) is 17.0 Å². The van der Waals surface area contributed by atoms with Gasteiger partial charge in [0.05, 0.1) is 0 Å². The zero-order valence-corrected chi connectivity index (χ0v) is 12.9. The lowest BCUT2D eigenvalue weighted by molar-refractivity contribution is 0.242. The van der Waals surface area contributed by atoms with Crippen molar-refractivity contribution < 1.29 is 8.42 Å². The molecule has 6 heteroatoms. The van der Waals surface area contributed by atoms with Gasteiger partial charge >= 0.3 is 0 Å². The van der Waals surface area contributed by atoms with E-state index in [2.05, 4.69) is 6.92 Å². The highest BCUT2D eigenvalue weighted by molar-refractivity contribution is 7.86. The van der Waals surface area contributed by atoms with Gasteiger partial charge in [-0.05, 0) is 44.1 Å². The van der Waals surface area contributed by atoms with E-state index >= 15 is 0 Å². The van der Waals surface area contributed by atoms with Crippen LogP contribution < -0.4 is 5.73 Å². The van der Waals surface area contributed by atoms with Crippen molar-refractivity contribution in [1.29, 1.82) is 0 Å². The van der Waals surface area contributed by atoms with Crippen molar-refractivity contribution in [3.8, 4) is 0 Å². The van der Waals surface area contributed by atoms with Crippen molar-refractivity contribution >= 4 is 10.2 Å². The SMILES string of the molecule is CC1CCN(S(=O)(=O)N(C)C2CCCC2CN)CC1. The van der Waals surface area contributed by atoms with E-state index in [-0.39, 0.29) is 6.04 Å². The van der Waals surface area contributed by atoms with Gasteiger partial charge in [0.25, 0.3) is 10.2 Å². The molecule has 0 radical (unpaired) electrons. The number of hydrogen-bond acceptors (Lipinski definition) is 3. The summed E-state index contributed by atoms with van der Waals surface area (Å²) < 4.78 is 28.5. The lowest BCUT2D eigenvalue weighted by Crippen LogP contribution is -2.50. The van der Waals surface area contributed by atoms with E-state index in [0.717, 1.165) is 32.1 Å². The summed E-state index contributed by atoms with van der Waals surface area (Å²) in [5.41, 5.74) is 5.77. The smallest absolute Gasteiger partial charge is 0.281 e. The summed E-state index contributed by atoms with van der Waals surface area (Å²) >= 11 is 0. The molecule has 112 valence electrons. The highest BCUT2D eigenvalue weighted by Crippen LogP contribution is 2.31. The first-order valence-electron chi connectivity index (χ1n) is 7.40. The van der Waals surface area contributed by atoms with Crippen LogP contribution in [-0.4, -0.2) is 49.8 Å². The Balaban J connectivity index is 2.06. The molecule has 0 aromatic carbocycles. The maximum absolute atomic E-state index is 12.7. The lowest BCUT2D eigenvalue weighted by Gasteiger charge is -2.36. The summed E-state index contributed by atoms with van der Waals surface area (Å²) in [6.07, 6.45) is 5.03. The number of piperidine rings is 1. The third kappa shape index (κ3) is 3.12. The predicted molar refractivity (Wildman–Crippen MR) is 76.8 cm³/mol. The first-order chi connectivity index (χ1) is 8.96. The van der Waals surface area contributed by atoms with Gasteiger partial charge in [-0.3, -0.25) is 0 Å². The molecule has 5 nitrogen and oxygen atoms in total. The van der Waals surface area contributed by atoms with Crippen molar-refractivity contribution in [3.63, 3.8) is 0 Å². The Morgan fingerprint density at radius 1 is 1.21 bits per heavy atom. The molecule has 0 bridgehead atoms. The fraction of sp³-hybridized carbons (Fsp3) is 1.00. The van der Waals surface area contributed by atoms with Gasteiger partial charge in [0.1, 0.15) is 0 Å². The van der Waals surface area contributed by atoms with Gasteiger partial charge in [-0.15, -0.1) is 0 Å². The molecule has 2 N–H and O–H groups in total. The first kappa shape index (κ1) is 15.2. The fourth-order valence-corrected chi connectivity index (χ4v) is 5.00. The summed E-state index contributed by atoms with van der Waals surface area (Å²) in [7, 11) is -1.57. The normalized spacial score (nSPS) is 31.2. The molecule has 1 aliphatic carbocycles. The van der Waals surface area contributed by atoms with Crippen LogP contribution in [0, 0.1) is 11.8 Å². The van der Waals surface area contributed by atoms with Gasteiger partial charge in [-0.1, -0.05) is 13.3 Å². The zero-order chi connectivity index (χ0) is 14.0. The molecule has 1 heterocycles. The first-order valence-corrected chi connectivity index (χ1v) is 8.79. The standard InChI is InChI=1S/C13H27N3O2S/c1-11-6-8-16(9-7-11)19(17,18)15(2)13-5-3-4-12(13)10-14/h11-13H,3-10,14H2,1-2H3. The lowest BCUT2D eigenvalue weighted by atomic mass is 10.0. The second-order valence-corrected chi connectivity index (χ2v) is 8.09. The molecule has 0 spiro atoms. The average Bonchev–Trinajstić information content (AvgIpc) is 2.86. The van der Waals surface area contributed by atoms with Crippen LogP contribution in [0.2, 0.25) is 0 Å². The Kier molecular flexibility index (Phi) is 4.87. The minimum atomic E-state index is -3.30. The molecule has 0 amide bonds. The van der Waals surface area contributed by atoms with E-state index in [0.29, 0.717) is 31.5 Å². The van der Waals surface area contributed by atoms with Crippen molar-refractivity contribution in [2.24, 2.45) is 17.6 Å². The molecular formula is C13H27N3O2S. The van der Waals surface area contributed by atoms with Gasteiger partial charge in [0.15, 0.2) is 0 Å². The van der Waals surface area contributed by atoms with Crippen LogP contribution in [0.3, 0.4) is 0 Å². The van der Waals surface area contributed by atoms with Crippen LogP contribution >= 0.6 is 0 Å². The Bertz CT molecular complexity index is 391. The van der Waals surface area contributed by atoms with Crippen molar-refractivity contribution in [2.75, 3.05) is 26.7 Å². The quantitative estimate of drug-likeness (QED) is 0.840. The molecule has 0 aromatic rings. The minimum Gasteiger partial charge on any atom is -0.330 e. The van der Waals surface area contributed by atoms with Crippen LogP contribution in [0.25, 0.3) is 0 Å². The monoisotopic (exact) mass is 289 g/mol. The molecular weight excluding hydrogens is 262 g/mol. The summed E-state index contributed by atoms with van der Waals surface area (Å²) in [4.78, 5) is 0. The van der Waals surface area contributed by atoms with Gasteiger partial charge in [0, 0.05) is 26.2 Å². The molecule has 1 aliphatic heterocycles. The Hall–Kier alpha value is -0.170. The molecule has 2 unspecified atom stereocenters. The molecule has 2 fully saturated rings. The van der Waals surface area contributed by atoms with Gasteiger partial charge in [-0.25, -0.2) is 0 Å². The number of nitrogens with two attached hydrogens (primary N) is 1. The van der Waals surface area contributed by atoms with E-state index in [1.165, 1.54) is 0 Å². The van der Waals surface area contributed by atoms with E-state index in [4.69, 9.17) is 5.73 Å². The minimum absolute atomic E-state index is 0.0920. The summed E-state index contributed by atoms with van der Waals surface area (Å²) in [5, 5.41) is 0. The van der Waals surface area contributed by atoms with Crippen LogP contribution in [-0.2, 0) is 10.2 Å². The number of nitrogens with zero attached hydrogens (tertiary/aromatic N) is 2. The zero-order valence-electron chi connectivity index (χ0n) is 12.1. The van der Waals surface area contributed by atoms with Crippen LogP contribution in [0.15, 0.2) is 0 Å².